The van der Waals surface area contributed by atoms with Gasteiger partial charge in [0.05, 0.1) is 5.92 Å². The molecule has 7 nitrogen and oxygen atoms in total. The molecular formula is C20H28ClN3O4. The number of halogens is 1. The molecule has 0 aromatic heterocycles. The quantitative estimate of drug-likeness (QED) is 0.805. The van der Waals surface area contributed by atoms with Crippen molar-refractivity contribution in [1.29, 1.82) is 0 Å². The summed E-state index contributed by atoms with van der Waals surface area (Å²) in [6.45, 7) is 6.93. The van der Waals surface area contributed by atoms with Gasteiger partial charge in [0.25, 0.3) is 0 Å². The van der Waals surface area contributed by atoms with E-state index in [1.54, 1.807) is 4.90 Å². The topological polar surface area (TPSA) is 85.1 Å². The molecule has 2 atom stereocenters. The number of likely N-dealkylation sites (tertiary alicyclic amines) is 1. The number of nitrogens with two attached hydrogens (primary N) is 1. The van der Waals surface area contributed by atoms with Crippen molar-refractivity contribution < 1.29 is 19.1 Å². The van der Waals surface area contributed by atoms with Gasteiger partial charge >= 0.3 is 0 Å². The maximum absolute atomic E-state index is 13.0. The van der Waals surface area contributed by atoms with Crippen LogP contribution < -0.4 is 20.1 Å². The Morgan fingerprint density at radius 2 is 1.93 bits per heavy atom. The third-order valence-electron chi connectivity index (χ3n) is 5.94. The molecule has 0 radical (unpaired) electrons. The van der Waals surface area contributed by atoms with Crippen LogP contribution in [0.1, 0.15) is 26.7 Å². The van der Waals surface area contributed by atoms with Crippen molar-refractivity contribution in [3.05, 3.63) is 18.2 Å². The van der Waals surface area contributed by atoms with Crippen LogP contribution in [0.2, 0.25) is 0 Å². The average Bonchev–Trinajstić information content (AvgIpc) is 3.04. The summed E-state index contributed by atoms with van der Waals surface area (Å²) in [7, 11) is 0. The monoisotopic (exact) mass is 409 g/mol. The van der Waals surface area contributed by atoms with Gasteiger partial charge in [0.1, 0.15) is 13.2 Å². The number of nitrogens with zero attached hydrogens (tertiary/aromatic N) is 2. The zero-order valence-corrected chi connectivity index (χ0v) is 17.2. The van der Waals surface area contributed by atoms with Crippen LogP contribution in [0.5, 0.6) is 11.5 Å². The zero-order valence-electron chi connectivity index (χ0n) is 16.3. The summed E-state index contributed by atoms with van der Waals surface area (Å²) in [5.74, 6) is 1.06. The predicted octanol–water partition coefficient (Wildman–Crippen LogP) is 1.82. The third kappa shape index (κ3) is 3.78. The average molecular weight is 410 g/mol. The Hall–Kier alpha value is -1.99. The maximum atomic E-state index is 13.0. The van der Waals surface area contributed by atoms with Crippen LogP contribution in [0.4, 0.5) is 5.69 Å². The Labute approximate surface area is 171 Å². The van der Waals surface area contributed by atoms with Gasteiger partial charge in [-0.3, -0.25) is 9.59 Å². The Bertz CT molecular complexity index is 770. The third-order valence-corrected chi connectivity index (χ3v) is 5.94. The molecule has 2 amide bonds. The smallest absolute Gasteiger partial charge is 0.228 e. The molecule has 1 aromatic rings. The largest absolute Gasteiger partial charge is 0.486 e. The summed E-state index contributed by atoms with van der Waals surface area (Å²) in [6.07, 6.45) is 1.04. The fourth-order valence-electron chi connectivity index (χ4n) is 4.14. The number of piperidine rings is 1. The van der Waals surface area contributed by atoms with E-state index in [0.29, 0.717) is 44.3 Å². The molecule has 2 saturated heterocycles. The summed E-state index contributed by atoms with van der Waals surface area (Å²) >= 11 is 0. The summed E-state index contributed by atoms with van der Waals surface area (Å²) in [6, 6.07) is 5.59. The van der Waals surface area contributed by atoms with Crippen molar-refractivity contribution in [2.45, 2.75) is 32.7 Å². The highest BCUT2D eigenvalue weighted by Gasteiger charge is 2.41. The number of anilines is 1. The van der Waals surface area contributed by atoms with Crippen molar-refractivity contribution in [1.82, 2.24) is 4.90 Å². The zero-order chi connectivity index (χ0) is 19.2. The highest BCUT2D eigenvalue weighted by atomic mass is 35.5. The second-order valence-electron chi connectivity index (χ2n) is 8.38. The van der Waals surface area contributed by atoms with Gasteiger partial charge in [-0.2, -0.15) is 0 Å². The molecule has 2 unspecified atom stereocenters. The van der Waals surface area contributed by atoms with E-state index < -0.39 is 0 Å². The molecule has 0 aliphatic carbocycles. The minimum absolute atomic E-state index is 0. The van der Waals surface area contributed by atoms with E-state index in [1.165, 1.54) is 0 Å². The van der Waals surface area contributed by atoms with Crippen molar-refractivity contribution in [3.8, 4) is 11.5 Å². The van der Waals surface area contributed by atoms with Crippen LogP contribution in [0.25, 0.3) is 0 Å². The first-order valence-corrected chi connectivity index (χ1v) is 9.59. The number of benzene rings is 1. The lowest BCUT2D eigenvalue weighted by molar-refractivity contribution is -0.139. The number of carbonyl (C=O) groups is 2. The van der Waals surface area contributed by atoms with Gasteiger partial charge in [0.15, 0.2) is 11.5 Å². The molecule has 28 heavy (non-hydrogen) atoms. The molecule has 8 heteroatoms. The minimum atomic E-state index is -0.309. The standard InChI is InChI=1S/C20H27N3O4.ClH/c1-20(2)12-22(6-5-17(20)21)19(25)13-9-18(24)23(11-13)14-3-4-15-16(10-14)27-8-7-26-15;/h3-4,10,13,17H,5-9,11-12,21H2,1-2H3;1H. The number of hydrogen-bond donors (Lipinski definition) is 1. The molecule has 3 heterocycles. The van der Waals surface area contributed by atoms with E-state index in [1.807, 2.05) is 23.1 Å². The first kappa shape index (κ1) is 20.7. The van der Waals surface area contributed by atoms with Crippen LogP contribution in [-0.4, -0.2) is 55.6 Å². The highest BCUT2D eigenvalue weighted by molar-refractivity contribution is 6.00. The SMILES string of the molecule is CC1(C)CN(C(=O)C2CC(=O)N(c3ccc4c(c3)OCCO4)C2)CCC1N.Cl. The van der Waals surface area contributed by atoms with Gasteiger partial charge in [-0.25, -0.2) is 0 Å². The van der Waals surface area contributed by atoms with E-state index in [9.17, 15) is 9.59 Å². The molecule has 4 rings (SSSR count). The molecule has 1 aromatic carbocycles. The van der Waals surface area contributed by atoms with Crippen molar-refractivity contribution in [2.75, 3.05) is 37.7 Å². The Morgan fingerprint density at radius 3 is 2.64 bits per heavy atom. The van der Waals surface area contributed by atoms with E-state index in [4.69, 9.17) is 15.2 Å². The number of rotatable bonds is 2. The Balaban J connectivity index is 0.00000225. The van der Waals surface area contributed by atoms with E-state index >= 15 is 0 Å². The Morgan fingerprint density at radius 1 is 1.21 bits per heavy atom. The van der Waals surface area contributed by atoms with E-state index in [-0.39, 0.29) is 48.0 Å². The van der Waals surface area contributed by atoms with Crippen LogP contribution in [-0.2, 0) is 9.59 Å². The van der Waals surface area contributed by atoms with Crippen LogP contribution in [0, 0.1) is 11.3 Å². The van der Waals surface area contributed by atoms with Gasteiger partial charge in [-0.05, 0) is 24.0 Å². The van der Waals surface area contributed by atoms with E-state index in [0.717, 1.165) is 12.1 Å². The summed E-state index contributed by atoms with van der Waals surface area (Å²) < 4.78 is 11.1. The lowest BCUT2D eigenvalue weighted by atomic mass is 9.79. The Kier molecular flexibility index (Phi) is 5.77. The molecule has 0 bridgehead atoms. The van der Waals surface area contributed by atoms with Gasteiger partial charge < -0.3 is 25.0 Å². The summed E-state index contributed by atoms with van der Waals surface area (Å²) in [5.41, 5.74) is 6.83. The lowest BCUT2D eigenvalue weighted by Gasteiger charge is -2.43. The summed E-state index contributed by atoms with van der Waals surface area (Å²) in [4.78, 5) is 29.2. The van der Waals surface area contributed by atoms with Gasteiger partial charge in [0.2, 0.25) is 11.8 Å². The molecule has 0 saturated carbocycles. The predicted molar refractivity (Wildman–Crippen MR) is 108 cm³/mol. The van der Waals surface area contributed by atoms with Crippen molar-refractivity contribution >= 4 is 29.9 Å². The molecule has 0 spiro atoms. The minimum Gasteiger partial charge on any atom is -0.486 e. The maximum Gasteiger partial charge on any atom is 0.228 e. The number of fused-ring (bicyclic) bond motifs is 1. The summed E-state index contributed by atoms with van der Waals surface area (Å²) in [5, 5.41) is 0. The normalized spacial score (nSPS) is 26.0. The fraction of sp³-hybridized carbons (Fsp3) is 0.600. The van der Waals surface area contributed by atoms with E-state index in [2.05, 4.69) is 13.8 Å². The van der Waals surface area contributed by atoms with Crippen molar-refractivity contribution in [2.24, 2.45) is 17.1 Å². The van der Waals surface area contributed by atoms with Crippen LogP contribution >= 0.6 is 12.4 Å². The number of hydrogen-bond acceptors (Lipinski definition) is 5. The molecule has 2 fully saturated rings. The van der Waals surface area contributed by atoms with Gasteiger partial charge in [-0.1, -0.05) is 13.8 Å². The molecule has 3 aliphatic heterocycles. The number of carbonyl (C=O) groups excluding carboxylic acids is 2. The van der Waals surface area contributed by atoms with Crippen LogP contribution in [0.3, 0.4) is 0 Å². The van der Waals surface area contributed by atoms with Gasteiger partial charge in [-0.15, -0.1) is 12.4 Å². The first-order valence-electron chi connectivity index (χ1n) is 9.59. The highest BCUT2D eigenvalue weighted by Crippen LogP contribution is 2.36. The lowest BCUT2D eigenvalue weighted by Crippen LogP contribution is -2.55. The molecule has 154 valence electrons. The molecule has 3 aliphatic rings. The second kappa shape index (κ2) is 7.79. The van der Waals surface area contributed by atoms with Crippen molar-refractivity contribution in [3.63, 3.8) is 0 Å². The first-order chi connectivity index (χ1) is 12.8. The molecule has 2 N–H and O–H groups in total. The molecular weight excluding hydrogens is 382 g/mol. The number of amides is 2. The second-order valence-corrected chi connectivity index (χ2v) is 8.38. The van der Waals surface area contributed by atoms with Gasteiger partial charge in [0, 0.05) is 43.9 Å². The van der Waals surface area contributed by atoms with Crippen LogP contribution in [0.15, 0.2) is 18.2 Å². The number of ether oxygens (including phenoxy) is 2. The fourth-order valence-corrected chi connectivity index (χ4v) is 4.14.